The molecule has 1 aromatic rings. The summed E-state index contributed by atoms with van der Waals surface area (Å²) in [6, 6.07) is 3.93. The van der Waals surface area contributed by atoms with Crippen LogP contribution in [0, 0.1) is 0 Å². The second kappa shape index (κ2) is 6.30. The third-order valence-corrected chi connectivity index (χ3v) is 4.28. The van der Waals surface area contributed by atoms with Crippen LogP contribution in [0.2, 0.25) is 10.0 Å². The topological polar surface area (TPSA) is 75.3 Å². The molecule has 0 atom stereocenters. The maximum Gasteiger partial charge on any atom is 0.241 e. The van der Waals surface area contributed by atoms with Crippen molar-refractivity contribution in [1.29, 1.82) is 0 Å². The van der Waals surface area contributed by atoms with E-state index in [4.69, 9.17) is 23.2 Å². The molecule has 112 valence electrons. The normalized spacial score (nSPS) is 12.2. The van der Waals surface area contributed by atoms with E-state index in [9.17, 15) is 13.2 Å². The molecular formula is C12H16Cl2N2O3S. The summed E-state index contributed by atoms with van der Waals surface area (Å²) in [7, 11) is -3.80. The lowest BCUT2D eigenvalue weighted by atomic mass is 10.1. The summed E-state index contributed by atoms with van der Waals surface area (Å²) in [5.74, 6) is -0.416. The number of hydrogen-bond acceptors (Lipinski definition) is 3. The van der Waals surface area contributed by atoms with E-state index in [0.717, 1.165) is 0 Å². The van der Waals surface area contributed by atoms with Gasteiger partial charge < -0.3 is 5.32 Å². The highest BCUT2D eigenvalue weighted by atomic mass is 35.5. The van der Waals surface area contributed by atoms with E-state index in [-0.39, 0.29) is 21.5 Å². The Morgan fingerprint density at radius 3 is 2.30 bits per heavy atom. The predicted octanol–water partition coefficient (Wildman–Crippen LogP) is 2.19. The number of carbonyl (C=O) groups excluding carboxylic acids is 1. The van der Waals surface area contributed by atoms with Gasteiger partial charge in [0.05, 0.1) is 21.5 Å². The summed E-state index contributed by atoms with van der Waals surface area (Å²) in [6.45, 7) is 5.06. The highest BCUT2D eigenvalue weighted by Gasteiger charge is 2.19. The van der Waals surface area contributed by atoms with Gasteiger partial charge in [0.2, 0.25) is 15.9 Å². The zero-order valence-corrected chi connectivity index (χ0v) is 13.7. The molecule has 0 saturated heterocycles. The summed E-state index contributed by atoms with van der Waals surface area (Å²) < 4.78 is 26.1. The molecule has 0 heterocycles. The molecule has 0 saturated carbocycles. The summed E-state index contributed by atoms with van der Waals surface area (Å²) >= 11 is 11.5. The first-order chi connectivity index (χ1) is 9.01. The summed E-state index contributed by atoms with van der Waals surface area (Å²) in [6.07, 6.45) is 0. The Bertz CT molecular complexity index is 610. The van der Waals surface area contributed by atoms with Gasteiger partial charge in [-0.15, -0.1) is 0 Å². The van der Waals surface area contributed by atoms with Gasteiger partial charge in [0, 0.05) is 5.54 Å². The molecule has 0 bridgehead atoms. The molecule has 0 radical (unpaired) electrons. The van der Waals surface area contributed by atoms with Gasteiger partial charge in [-0.2, -0.15) is 0 Å². The number of rotatable bonds is 4. The van der Waals surface area contributed by atoms with Crippen molar-refractivity contribution in [2.45, 2.75) is 31.2 Å². The fourth-order valence-electron chi connectivity index (χ4n) is 1.35. The SMILES string of the molecule is CC(C)(C)NC(=O)CNS(=O)(=O)c1ccc(Cl)c(Cl)c1. The van der Waals surface area contributed by atoms with Crippen molar-refractivity contribution in [3.63, 3.8) is 0 Å². The van der Waals surface area contributed by atoms with Crippen molar-refractivity contribution in [1.82, 2.24) is 10.0 Å². The van der Waals surface area contributed by atoms with E-state index < -0.39 is 21.5 Å². The Kier molecular flexibility index (Phi) is 5.43. The van der Waals surface area contributed by atoms with Gasteiger partial charge in [0.15, 0.2) is 0 Å². The van der Waals surface area contributed by atoms with Crippen molar-refractivity contribution in [2.24, 2.45) is 0 Å². The second-order valence-electron chi connectivity index (χ2n) is 5.20. The lowest BCUT2D eigenvalue weighted by Crippen LogP contribution is -2.45. The largest absolute Gasteiger partial charge is 0.350 e. The molecule has 0 aliphatic carbocycles. The van der Waals surface area contributed by atoms with E-state index in [1.54, 1.807) is 20.8 Å². The molecule has 0 unspecified atom stereocenters. The van der Waals surface area contributed by atoms with Crippen LogP contribution in [-0.2, 0) is 14.8 Å². The first-order valence-corrected chi connectivity index (χ1v) is 8.01. The number of amides is 1. The third-order valence-electron chi connectivity index (χ3n) is 2.14. The van der Waals surface area contributed by atoms with Crippen LogP contribution in [0.3, 0.4) is 0 Å². The van der Waals surface area contributed by atoms with Crippen LogP contribution in [0.25, 0.3) is 0 Å². The zero-order valence-electron chi connectivity index (χ0n) is 11.3. The standard InChI is InChI=1S/C12H16Cl2N2O3S/c1-12(2,3)16-11(17)7-15-20(18,19)8-4-5-9(13)10(14)6-8/h4-6,15H,7H2,1-3H3,(H,16,17). The number of nitrogens with one attached hydrogen (secondary N) is 2. The van der Waals surface area contributed by atoms with Gasteiger partial charge in [-0.25, -0.2) is 13.1 Å². The van der Waals surface area contributed by atoms with Crippen LogP contribution in [0.15, 0.2) is 23.1 Å². The second-order valence-corrected chi connectivity index (χ2v) is 7.78. The Morgan fingerprint density at radius 1 is 1.20 bits per heavy atom. The number of sulfonamides is 1. The average molecular weight is 339 g/mol. The maximum atomic E-state index is 12.0. The van der Waals surface area contributed by atoms with E-state index in [0.29, 0.717) is 0 Å². The highest BCUT2D eigenvalue weighted by Crippen LogP contribution is 2.24. The van der Waals surface area contributed by atoms with Crippen LogP contribution in [0.5, 0.6) is 0 Å². The quantitative estimate of drug-likeness (QED) is 0.883. The zero-order chi connectivity index (χ0) is 15.6. The number of carbonyl (C=O) groups is 1. The lowest BCUT2D eigenvalue weighted by molar-refractivity contribution is -0.121. The number of hydrogen-bond donors (Lipinski definition) is 2. The molecule has 0 aliphatic rings. The van der Waals surface area contributed by atoms with Crippen LogP contribution < -0.4 is 10.0 Å². The molecule has 0 aliphatic heterocycles. The van der Waals surface area contributed by atoms with E-state index in [1.807, 2.05) is 0 Å². The summed E-state index contributed by atoms with van der Waals surface area (Å²) in [5, 5.41) is 3.04. The van der Waals surface area contributed by atoms with Gasteiger partial charge in [-0.1, -0.05) is 23.2 Å². The monoisotopic (exact) mass is 338 g/mol. The molecule has 0 fully saturated rings. The fraction of sp³-hybridized carbons (Fsp3) is 0.417. The average Bonchev–Trinajstić information content (AvgIpc) is 2.28. The van der Waals surface area contributed by atoms with Crippen molar-refractivity contribution in [3.05, 3.63) is 28.2 Å². The maximum absolute atomic E-state index is 12.0. The molecule has 1 rings (SSSR count). The molecule has 8 heteroatoms. The molecule has 0 aromatic heterocycles. The Hall–Kier alpha value is -0.820. The molecular weight excluding hydrogens is 323 g/mol. The first kappa shape index (κ1) is 17.2. The summed E-state index contributed by atoms with van der Waals surface area (Å²) in [4.78, 5) is 11.5. The molecule has 20 heavy (non-hydrogen) atoms. The van der Waals surface area contributed by atoms with Crippen LogP contribution in [0.4, 0.5) is 0 Å². The minimum absolute atomic E-state index is 0.0459. The molecule has 0 spiro atoms. The predicted molar refractivity (Wildman–Crippen MR) is 79.5 cm³/mol. The van der Waals surface area contributed by atoms with Gasteiger partial charge in [0.1, 0.15) is 0 Å². The Labute approximate surface area is 128 Å². The minimum Gasteiger partial charge on any atom is -0.350 e. The molecule has 1 amide bonds. The van der Waals surface area contributed by atoms with Crippen LogP contribution >= 0.6 is 23.2 Å². The van der Waals surface area contributed by atoms with E-state index in [2.05, 4.69) is 10.0 Å². The molecule has 5 nitrogen and oxygen atoms in total. The Balaban J connectivity index is 2.76. The summed E-state index contributed by atoms with van der Waals surface area (Å²) in [5.41, 5.74) is -0.424. The molecule has 2 N–H and O–H groups in total. The smallest absolute Gasteiger partial charge is 0.241 e. The van der Waals surface area contributed by atoms with Crippen molar-refractivity contribution in [3.8, 4) is 0 Å². The van der Waals surface area contributed by atoms with Gasteiger partial charge in [-0.3, -0.25) is 4.79 Å². The van der Waals surface area contributed by atoms with Crippen molar-refractivity contribution in [2.75, 3.05) is 6.54 Å². The van der Waals surface area contributed by atoms with Gasteiger partial charge in [0.25, 0.3) is 0 Å². The van der Waals surface area contributed by atoms with Gasteiger partial charge >= 0.3 is 0 Å². The van der Waals surface area contributed by atoms with Crippen LogP contribution in [-0.4, -0.2) is 26.4 Å². The van der Waals surface area contributed by atoms with E-state index >= 15 is 0 Å². The van der Waals surface area contributed by atoms with Gasteiger partial charge in [-0.05, 0) is 39.0 Å². The van der Waals surface area contributed by atoms with E-state index in [1.165, 1.54) is 18.2 Å². The number of benzene rings is 1. The van der Waals surface area contributed by atoms with Crippen molar-refractivity contribution < 1.29 is 13.2 Å². The molecule has 1 aromatic carbocycles. The minimum atomic E-state index is -3.80. The Morgan fingerprint density at radius 2 is 1.80 bits per heavy atom. The highest BCUT2D eigenvalue weighted by molar-refractivity contribution is 7.89. The van der Waals surface area contributed by atoms with Crippen molar-refractivity contribution >= 4 is 39.1 Å². The van der Waals surface area contributed by atoms with Crippen LogP contribution in [0.1, 0.15) is 20.8 Å². The number of halogens is 2. The first-order valence-electron chi connectivity index (χ1n) is 5.77. The third kappa shape index (κ3) is 5.28. The lowest BCUT2D eigenvalue weighted by Gasteiger charge is -2.20. The fourth-order valence-corrected chi connectivity index (χ4v) is 2.72.